The summed E-state index contributed by atoms with van der Waals surface area (Å²) in [7, 11) is 1.40. The smallest absolute Gasteiger partial charge is 0.330 e. The topological polar surface area (TPSA) is 55.4 Å². The molecule has 0 saturated heterocycles. The lowest BCUT2D eigenvalue weighted by atomic mass is 10.0. The number of hydrogen-bond acceptors (Lipinski definition) is 3. The molecule has 0 rings (SSSR count). The van der Waals surface area contributed by atoms with Gasteiger partial charge in [0.25, 0.3) is 0 Å². The molecule has 0 aromatic rings. The SMILES string of the molecule is CCCCNC(=O)CCCCCCCCCCCCC=CC(=O)OC. The second-order valence-electron chi connectivity index (χ2n) is 6.70. The predicted octanol–water partition coefficient (Wildman–Crippen LogP) is 5.31. The first-order chi connectivity index (χ1) is 12.2. The van der Waals surface area contributed by atoms with Crippen molar-refractivity contribution in [3.05, 3.63) is 12.2 Å². The fourth-order valence-electron chi connectivity index (χ4n) is 2.70. The van der Waals surface area contributed by atoms with E-state index in [1.807, 2.05) is 6.08 Å². The molecule has 4 heteroatoms. The zero-order chi connectivity index (χ0) is 18.6. The Kier molecular flexibility index (Phi) is 18.0. The Bertz CT molecular complexity index is 353. The van der Waals surface area contributed by atoms with Crippen molar-refractivity contribution in [2.24, 2.45) is 0 Å². The maximum absolute atomic E-state index is 11.5. The molecule has 4 nitrogen and oxygen atoms in total. The average molecular weight is 354 g/mol. The van der Waals surface area contributed by atoms with Crippen LogP contribution in [0.5, 0.6) is 0 Å². The maximum atomic E-state index is 11.5. The summed E-state index contributed by atoms with van der Waals surface area (Å²) in [5.74, 6) is -0.0491. The third-order valence-electron chi connectivity index (χ3n) is 4.33. The predicted molar refractivity (Wildman–Crippen MR) is 104 cm³/mol. The highest BCUT2D eigenvalue weighted by atomic mass is 16.5. The first-order valence-corrected chi connectivity index (χ1v) is 10.2. The third-order valence-corrected chi connectivity index (χ3v) is 4.33. The minimum absolute atomic E-state index is 0.217. The van der Waals surface area contributed by atoms with Gasteiger partial charge in [0, 0.05) is 19.0 Å². The van der Waals surface area contributed by atoms with Crippen LogP contribution in [0.2, 0.25) is 0 Å². The molecular formula is C21H39NO3. The number of methoxy groups -OCH3 is 1. The lowest BCUT2D eigenvalue weighted by Crippen LogP contribution is -2.23. The summed E-state index contributed by atoms with van der Waals surface area (Å²) in [4.78, 5) is 22.4. The molecule has 0 radical (unpaired) electrons. The van der Waals surface area contributed by atoms with E-state index in [1.165, 1.54) is 64.6 Å². The van der Waals surface area contributed by atoms with E-state index in [1.54, 1.807) is 0 Å². The molecule has 1 N–H and O–H groups in total. The van der Waals surface area contributed by atoms with Crippen LogP contribution in [0, 0.1) is 0 Å². The van der Waals surface area contributed by atoms with E-state index in [9.17, 15) is 9.59 Å². The number of hydrogen-bond donors (Lipinski definition) is 1. The normalized spacial score (nSPS) is 11.0. The van der Waals surface area contributed by atoms with E-state index in [0.717, 1.165) is 38.6 Å². The summed E-state index contributed by atoms with van der Waals surface area (Å²) in [6, 6.07) is 0. The lowest BCUT2D eigenvalue weighted by Gasteiger charge is -2.04. The number of unbranched alkanes of at least 4 members (excludes halogenated alkanes) is 11. The van der Waals surface area contributed by atoms with Gasteiger partial charge in [0.15, 0.2) is 0 Å². The number of nitrogens with one attached hydrogen (secondary N) is 1. The molecule has 0 aromatic heterocycles. The minimum Gasteiger partial charge on any atom is -0.466 e. The summed E-state index contributed by atoms with van der Waals surface area (Å²) in [6.45, 7) is 2.97. The Balaban J connectivity index is 3.17. The van der Waals surface area contributed by atoms with E-state index >= 15 is 0 Å². The molecule has 146 valence electrons. The molecule has 0 aliphatic carbocycles. The lowest BCUT2D eigenvalue weighted by molar-refractivity contribution is -0.134. The van der Waals surface area contributed by atoms with Crippen molar-refractivity contribution in [2.75, 3.05) is 13.7 Å². The van der Waals surface area contributed by atoms with Gasteiger partial charge in [0.05, 0.1) is 7.11 Å². The number of carbonyl (C=O) groups is 2. The van der Waals surface area contributed by atoms with Gasteiger partial charge in [-0.2, -0.15) is 0 Å². The first-order valence-electron chi connectivity index (χ1n) is 10.2. The number of allylic oxidation sites excluding steroid dienone is 1. The van der Waals surface area contributed by atoms with Gasteiger partial charge in [-0.25, -0.2) is 4.79 Å². The first kappa shape index (κ1) is 23.7. The Morgan fingerprint density at radius 2 is 1.40 bits per heavy atom. The van der Waals surface area contributed by atoms with Gasteiger partial charge in [-0.05, 0) is 25.7 Å². The molecule has 0 aliphatic heterocycles. The van der Waals surface area contributed by atoms with Crippen LogP contribution in [0.4, 0.5) is 0 Å². The highest BCUT2D eigenvalue weighted by molar-refractivity contribution is 5.81. The minimum atomic E-state index is -0.267. The zero-order valence-electron chi connectivity index (χ0n) is 16.5. The molecule has 0 aliphatic rings. The number of ether oxygens (including phenoxy) is 1. The van der Waals surface area contributed by atoms with Crippen LogP contribution in [-0.4, -0.2) is 25.5 Å². The maximum Gasteiger partial charge on any atom is 0.330 e. The van der Waals surface area contributed by atoms with Crippen LogP contribution in [-0.2, 0) is 14.3 Å². The largest absolute Gasteiger partial charge is 0.466 e. The second-order valence-corrected chi connectivity index (χ2v) is 6.70. The van der Waals surface area contributed by atoms with Crippen LogP contribution in [0.1, 0.15) is 96.8 Å². The third kappa shape index (κ3) is 18.9. The fraction of sp³-hybridized carbons (Fsp3) is 0.810. The summed E-state index contributed by atoms with van der Waals surface area (Å²) in [5.41, 5.74) is 0. The Labute approximate surface area is 154 Å². The fourth-order valence-corrected chi connectivity index (χ4v) is 2.70. The highest BCUT2D eigenvalue weighted by Gasteiger charge is 2.00. The molecule has 0 bridgehead atoms. The van der Waals surface area contributed by atoms with Crippen molar-refractivity contribution in [2.45, 2.75) is 96.8 Å². The van der Waals surface area contributed by atoms with E-state index in [-0.39, 0.29) is 11.9 Å². The quantitative estimate of drug-likeness (QED) is 0.219. The second kappa shape index (κ2) is 19.0. The Morgan fingerprint density at radius 1 is 0.840 bits per heavy atom. The van der Waals surface area contributed by atoms with Crippen molar-refractivity contribution in [3.8, 4) is 0 Å². The number of amides is 1. The molecule has 0 atom stereocenters. The number of esters is 1. The summed E-state index contributed by atoms with van der Waals surface area (Å²) >= 11 is 0. The van der Waals surface area contributed by atoms with Crippen molar-refractivity contribution < 1.29 is 14.3 Å². The standard InChI is InChI=1S/C21H39NO3/c1-3-4-19-22-20(23)17-15-13-11-9-7-5-6-8-10-12-14-16-18-21(24)25-2/h16,18H,3-15,17,19H2,1-2H3,(H,22,23). The van der Waals surface area contributed by atoms with Crippen molar-refractivity contribution in [3.63, 3.8) is 0 Å². The molecule has 0 aromatic carbocycles. The summed E-state index contributed by atoms with van der Waals surface area (Å²) in [5, 5.41) is 2.97. The molecule has 0 heterocycles. The van der Waals surface area contributed by atoms with Crippen molar-refractivity contribution in [1.29, 1.82) is 0 Å². The Hall–Kier alpha value is -1.32. The molecule has 1 amide bonds. The van der Waals surface area contributed by atoms with Crippen LogP contribution in [0.15, 0.2) is 12.2 Å². The Morgan fingerprint density at radius 3 is 1.96 bits per heavy atom. The van der Waals surface area contributed by atoms with Crippen molar-refractivity contribution >= 4 is 11.9 Å². The van der Waals surface area contributed by atoms with Gasteiger partial charge in [0.2, 0.25) is 5.91 Å². The van der Waals surface area contributed by atoms with Gasteiger partial charge in [0.1, 0.15) is 0 Å². The van der Waals surface area contributed by atoms with Gasteiger partial charge in [-0.3, -0.25) is 4.79 Å². The number of rotatable bonds is 17. The molecular weight excluding hydrogens is 314 g/mol. The molecule has 0 spiro atoms. The van der Waals surface area contributed by atoms with E-state index in [0.29, 0.717) is 6.42 Å². The van der Waals surface area contributed by atoms with Crippen LogP contribution in [0.3, 0.4) is 0 Å². The van der Waals surface area contributed by atoms with Crippen molar-refractivity contribution in [1.82, 2.24) is 5.32 Å². The highest BCUT2D eigenvalue weighted by Crippen LogP contribution is 2.12. The van der Waals surface area contributed by atoms with E-state index in [2.05, 4.69) is 17.0 Å². The number of carbonyl (C=O) groups excluding carboxylic acids is 2. The van der Waals surface area contributed by atoms with Crippen LogP contribution >= 0.6 is 0 Å². The zero-order valence-corrected chi connectivity index (χ0v) is 16.5. The van der Waals surface area contributed by atoms with Crippen LogP contribution < -0.4 is 5.32 Å². The molecule has 0 fully saturated rings. The van der Waals surface area contributed by atoms with E-state index < -0.39 is 0 Å². The van der Waals surface area contributed by atoms with Gasteiger partial charge < -0.3 is 10.1 Å². The van der Waals surface area contributed by atoms with E-state index in [4.69, 9.17) is 0 Å². The van der Waals surface area contributed by atoms with Gasteiger partial charge >= 0.3 is 5.97 Å². The summed E-state index contributed by atoms with van der Waals surface area (Å²) < 4.78 is 4.54. The van der Waals surface area contributed by atoms with Crippen LogP contribution in [0.25, 0.3) is 0 Å². The molecule has 25 heavy (non-hydrogen) atoms. The molecule has 0 saturated carbocycles. The van der Waals surface area contributed by atoms with Gasteiger partial charge in [-0.15, -0.1) is 0 Å². The summed E-state index contributed by atoms with van der Waals surface area (Å²) in [6.07, 6.45) is 19.6. The van der Waals surface area contributed by atoms with Gasteiger partial charge in [-0.1, -0.05) is 70.8 Å². The monoisotopic (exact) mass is 353 g/mol. The average Bonchev–Trinajstić information content (AvgIpc) is 2.61. The molecule has 0 unspecified atom stereocenters.